The number of anilines is 1. The van der Waals surface area contributed by atoms with Gasteiger partial charge in [0.15, 0.2) is 0 Å². The summed E-state index contributed by atoms with van der Waals surface area (Å²) in [7, 11) is 0. The first kappa shape index (κ1) is 9.70. The molecule has 0 amide bonds. The van der Waals surface area contributed by atoms with Crippen LogP contribution in [-0.4, -0.2) is 11.8 Å². The summed E-state index contributed by atoms with van der Waals surface area (Å²) < 4.78 is 4.29. The average Bonchev–Trinajstić information content (AvgIpc) is 2.38. The highest BCUT2D eigenvalue weighted by Gasteiger charge is 2.34. The maximum atomic E-state index is 5.84. The molecule has 3 nitrogen and oxygen atoms in total. The highest BCUT2D eigenvalue weighted by atomic mass is 15.3. The van der Waals surface area contributed by atoms with Crippen molar-refractivity contribution in [3.63, 3.8) is 0 Å². The molecule has 2 N–H and O–H groups in total. The van der Waals surface area contributed by atoms with Crippen molar-refractivity contribution < 1.29 is 0 Å². The Morgan fingerprint density at radius 3 is 2.00 bits per heavy atom. The standard InChI is InChI=1S/C14H11N3/c15-14-16-13(11-7-3-1-4-8-11)17(14)12-9-5-2-6-10-12/h1-10,15H/p+1. The number of amidine groups is 1. The summed E-state index contributed by atoms with van der Waals surface area (Å²) in [6.07, 6.45) is 0. The Labute approximate surface area is 99.6 Å². The van der Waals surface area contributed by atoms with Gasteiger partial charge in [-0.15, -0.1) is 0 Å². The van der Waals surface area contributed by atoms with Crippen LogP contribution in [0.2, 0.25) is 0 Å². The highest BCUT2D eigenvalue weighted by Crippen LogP contribution is 2.18. The van der Waals surface area contributed by atoms with E-state index in [4.69, 9.17) is 5.73 Å². The molecule has 1 aliphatic rings. The third-order valence-electron chi connectivity index (χ3n) is 2.71. The maximum absolute atomic E-state index is 5.84. The summed E-state index contributed by atoms with van der Waals surface area (Å²) in [5, 5.41) is 0. The normalized spacial score (nSPS) is 13.8. The quantitative estimate of drug-likeness (QED) is 0.779. The summed E-state index contributed by atoms with van der Waals surface area (Å²) in [5.74, 6) is 1.43. The van der Waals surface area contributed by atoms with Crippen molar-refractivity contribution in [2.24, 2.45) is 5.73 Å². The van der Waals surface area contributed by atoms with Crippen LogP contribution in [-0.2, 0) is 0 Å². The Hall–Kier alpha value is -2.51. The zero-order valence-corrected chi connectivity index (χ0v) is 9.25. The van der Waals surface area contributed by atoms with Gasteiger partial charge < -0.3 is 0 Å². The first-order valence-corrected chi connectivity index (χ1v) is 5.48. The lowest BCUT2D eigenvalue weighted by atomic mass is 10.1. The summed E-state index contributed by atoms with van der Waals surface area (Å²) in [6, 6.07) is 20.0. The SMILES string of the molecule is NC1=[N+]=C(c2ccccc2)N1c1ccccc1. The molecule has 0 saturated carbocycles. The number of benzene rings is 2. The molecule has 2 aromatic rings. The van der Waals surface area contributed by atoms with Crippen molar-refractivity contribution in [2.45, 2.75) is 0 Å². The molecule has 17 heavy (non-hydrogen) atoms. The summed E-state index contributed by atoms with van der Waals surface area (Å²) in [6.45, 7) is 0. The smallest absolute Gasteiger partial charge is 0.296 e. The van der Waals surface area contributed by atoms with Crippen LogP contribution in [0.4, 0.5) is 5.69 Å². The van der Waals surface area contributed by atoms with Gasteiger partial charge in [-0.05, 0) is 24.3 Å². The Balaban J connectivity index is 2.00. The van der Waals surface area contributed by atoms with Crippen LogP contribution < -0.4 is 15.3 Å². The van der Waals surface area contributed by atoms with E-state index in [1.54, 1.807) is 0 Å². The molecule has 2 aromatic carbocycles. The van der Waals surface area contributed by atoms with E-state index in [0.29, 0.717) is 5.96 Å². The Kier molecular flexibility index (Phi) is 2.18. The van der Waals surface area contributed by atoms with E-state index in [1.165, 1.54) is 0 Å². The number of nitrogens with zero attached hydrogens (tertiary/aromatic N) is 2. The fourth-order valence-corrected chi connectivity index (χ4v) is 1.88. The topological polar surface area (TPSA) is 43.4 Å². The number of hydrogen-bond donors (Lipinski definition) is 1. The van der Waals surface area contributed by atoms with E-state index < -0.39 is 0 Å². The summed E-state index contributed by atoms with van der Waals surface area (Å²) in [5.41, 5.74) is 7.95. The second-order valence-electron chi connectivity index (χ2n) is 3.83. The first-order chi connectivity index (χ1) is 8.36. The third kappa shape index (κ3) is 1.59. The van der Waals surface area contributed by atoms with Gasteiger partial charge >= 0.3 is 11.8 Å². The molecule has 0 aliphatic carbocycles. The summed E-state index contributed by atoms with van der Waals surface area (Å²) >= 11 is 0. The molecule has 0 unspecified atom stereocenters. The fraction of sp³-hybridized carbons (Fsp3) is 0. The van der Waals surface area contributed by atoms with Gasteiger partial charge in [-0.3, -0.25) is 5.73 Å². The predicted octanol–water partition coefficient (Wildman–Crippen LogP) is 1.34. The zero-order chi connectivity index (χ0) is 11.7. The van der Waals surface area contributed by atoms with Crippen LogP contribution in [0.15, 0.2) is 60.7 Å². The number of nitrogens with two attached hydrogens (primary N) is 1. The van der Waals surface area contributed by atoms with Crippen molar-refractivity contribution in [1.82, 2.24) is 4.67 Å². The van der Waals surface area contributed by atoms with Crippen LogP contribution in [0.5, 0.6) is 0 Å². The molecule has 0 fully saturated rings. The lowest BCUT2D eigenvalue weighted by Crippen LogP contribution is -2.53. The van der Waals surface area contributed by atoms with Crippen molar-refractivity contribution in [3.8, 4) is 0 Å². The van der Waals surface area contributed by atoms with E-state index in [0.717, 1.165) is 17.1 Å². The van der Waals surface area contributed by atoms with Crippen molar-refractivity contribution in [1.29, 1.82) is 0 Å². The average molecular weight is 222 g/mol. The van der Waals surface area contributed by atoms with Gasteiger partial charge in [-0.25, -0.2) is 4.67 Å². The van der Waals surface area contributed by atoms with E-state index in [2.05, 4.69) is 4.67 Å². The van der Waals surface area contributed by atoms with Crippen LogP contribution in [0.1, 0.15) is 5.56 Å². The monoisotopic (exact) mass is 222 g/mol. The minimum absolute atomic E-state index is 0.537. The van der Waals surface area contributed by atoms with Crippen molar-refractivity contribution in [3.05, 3.63) is 66.2 Å². The van der Waals surface area contributed by atoms with Crippen molar-refractivity contribution >= 4 is 17.5 Å². The molecule has 1 heterocycles. The molecule has 82 valence electrons. The van der Waals surface area contributed by atoms with Gasteiger partial charge in [0.2, 0.25) is 0 Å². The molecule has 0 aromatic heterocycles. The molecule has 0 spiro atoms. The van der Waals surface area contributed by atoms with E-state index in [9.17, 15) is 0 Å². The summed E-state index contributed by atoms with van der Waals surface area (Å²) in [4.78, 5) is 1.95. The van der Waals surface area contributed by atoms with Crippen LogP contribution in [0, 0.1) is 0 Å². The highest BCUT2D eigenvalue weighted by molar-refractivity contribution is 6.30. The Morgan fingerprint density at radius 1 is 0.824 bits per heavy atom. The molecule has 0 bridgehead atoms. The van der Waals surface area contributed by atoms with Crippen LogP contribution in [0.3, 0.4) is 0 Å². The number of hydrogen-bond acceptors (Lipinski definition) is 2. The molecule has 3 rings (SSSR count). The molecule has 1 aliphatic heterocycles. The van der Waals surface area contributed by atoms with E-state index >= 15 is 0 Å². The zero-order valence-electron chi connectivity index (χ0n) is 9.25. The van der Waals surface area contributed by atoms with Gasteiger partial charge in [0.25, 0.3) is 0 Å². The van der Waals surface area contributed by atoms with Crippen LogP contribution in [0.25, 0.3) is 0 Å². The fourth-order valence-electron chi connectivity index (χ4n) is 1.88. The number of guanidine groups is 1. The lowest BCUT2D eigenvalue weighted by Gasteiger charge is -2.20. The van der Waals surface area contributed by atoms with Gasteiger partial charge in [0, 0.05) is 0 Å². The maximum Gasteiger partial charge on any atom is 0.407 e. The Bertz CT molecular complexity index is 596. The number of para-hydroxylation sites is 1. The minimum atomic E-state index is 0.537. The predicted molar refractivity (Wildman–Crippen MR) is 70.8 cm³/mol. The second-order valence-corrected chi connectivity index (χ2v) is 3.83. The molecular formula is C14H12N3+. The van der Waals surface area contributed by atoms with Gasteiger partial charge in [0.05, 0.1) is 11.3 Å². The number of rotatable bonds is 2. The second kappa shape index (κ2) is 3.81. The van der Waals surface area contributed by atoms with Gasteiger partial charge in [0.1, 0.15) is 0 Å². The third-order valence-corrected chi connectivity index (χ3v) is 2.71. The molecule has 0 saturated heterocycles. The molecule has 3 heteroatoms. The lowest BCUT2D eigenvalue weighted by molar-refractivity contribution is 1.24. The van der Waals surface area contributed by atoms with Crippen molar-refractivity contribution in [2.75, 3.05) is 4.90 Å². The largest absolute Gasteiger partial charge is 0.407 e. The van der Waals surface area contributed by atoms with E-state index in [-0.39, 0.29) is 0 Å². The first-order valence-electron chi connectivity index (χ1n) is 5.48. The molecule has 0 atom stereocenters. The Morgan fingerprint density at radius 2 is 1.41 bits per heavy atom. The molecular weight excluding hydrogens is 210 g/mol. The minimum Gasteiger partial charge on any atom is -0.296 e. The van der Waals surface area contributed by atoms with E-state index in [1.807, 2.05) is 65.6 Å². The van der Waals surface area contributed by atoms with Crippen LogP contribution >= 0.6 is 0 Å². The molecule has 0 radical (unpaired) electrons. The van der Waals surface area contributed by atoms with Gasteiger partial charge in [-0.2, -0.15) is 4.90 Å². The van der Waals surface area contributed by atoms with Gasteiger partial charge in [-0.1, -0.05) is 36.4 Å².